The van der Waals surface area contributed by atoms with Crippen LogP contribution in [-0.4, -0.2) is 24.0 Å². The lowest BCUT2D eigenvalue weighted by Gasteiger charge is -2.18. The monoisotopic (exact) mass is 349 g/mol. The number of carbonyl (C=O) groups is 1. The summed E-state index contributed by atoms with van der Waals surface area (Å²) in [5.74, 6) is -0.194. The predicted molar refractivity (Wildman–Crippen MR) is 92.0 cm³/mol. The number of nitrogens with zero attached hydrogens (tertiary/aromatic N) is 1. The molecule has 3 nitrogen and oxygen atoms in total. The maximum atomic E-state index is 12.4. The van der Waals surface area contributed by atoms with E-state index >= 15 is 0 Å². The zero-order valence-electron chi connectivity index (χ0n) is 12.9. The van der Waals surface area contributed by atoms with E-state index in [1.54, 1.807) is 40.5 Å². The Labute approximate surface area is 143 Å². The van der Waals surface area contributed by atoms with Crippen molar-refractivity contribution in [3.05, 3.63) is 70.9 Å². The van der Waals surface area contributed by atoms with Gasteiger partial charge >= 0.3 is 6.61 Å². The van der Waals surface area contributed by atoms with Gasteiger partial charge in [-0.3, -0.25) is 4.79 Å². The van der Waals surface area contributed by atoms with Gasteiger partial charge in [-0.05, 0) is 23.6 Å². The average molecular weight is 349 g/mol. The van der Waals surface area contributed by atoms with Crippen molar-refractivity contribution in [3.63, 3.8) is 0 Å². The molecule has 1 aromatic carbocycles. The quantitative estimate of drug-likeness (QED) is 0.516. The van der Waals surface area contributed by atoms with E-state index in [0.29, 0.717) is 18.7 Å². The zero-order valence-corrected chi connectivity index (χ0v) is 13.7. The van der Waals surface area contributed by atoms with Gasteiger partial charge in [0.2, 0.25) is 5.91 Å². The van der Waals surface area contributed by atoms with Crippen LogP contribution < -0.4 is 4.74 Å². The first-order valence-electron chi connectivity index (χ1n) is 7.24. The number of halogens is 2. The van der Waals surface area contributed by atoms with Crippen molar-refractivity contribution < 1.29 is 18.3 Å². The summed E-state index contributed by atoms with van der Waals surface area (Å²) >= 11 is 1.56. The van der Waals surface area contributed by atoms with E-state index in [-0.39, 0.29) is 11.7 Å². The molecule has 0 spiro atoms. The predicted octanol–water partition coefficient (Wildman–Crippen LogP) is 4.58. The molecular weight excluding hydrogens is 332 g/mol. The van der Waals surface area contributed by atoms with Crippen molar-refractivity contribution in [2.45, 2.75) is 13.2 Å². The van der Waals surface area contributed by atoms with Gasteiger partial charge in [0.25, 0.3) is 0 Å². The maximum Gasteiger partial charge on any atom is 0.387 e. The van der Waals surface area contributed by atoms with Crippen molar-refractivity contribution in [2.24, 2.45) is 0 Å². The fraction of sp³-hybridized carbons (Fsp3) is 0.167. The van der Waals surface area contributed by atoms with Gasteiger partial charge in [0.05, 0.1) is 6.54 Å². The van der Waals surface area contributed by atoms with Crippen molar-refractivity contribution in [2.75, 3.05) is 6.54 Å². The zero-order chi connectivity index (χ0) is 17.4. The Balaban J connectivity index is 2.11. The topological polar surface area (TPSA) is 29.5 Å². The number of amides is 1. The largest absolute Gasteiger partial charge is 0.434 e. The summed E-state index contributed by atoms with van der Waals surface area (Å²) in [4.78, 5) is 15.0. The molecule has 0 aliphatic heterocycles. The number of benzene rings is 1. The van der Waals surface area contributed by atoms with Gasteiger partial charge in [-0.25, -0.2) is 0 Å². The number of alkyl halides is 2. The second-order valence-corrected chi connectivity index (χ2v) is 5.87. The van der Waals surface area contributed by atoms with Crippen LogP contribution in [0.15, 0.2) is 60.5 Å². The Bertz CT molecular complexity index is 699. The van der Waals surface area contributed by atoms with Crippen LogP contribution in [0, 0.1) is 0 Å². The molecule has 126 valence electrons. The Kier molecular flexibility index (Phi) is 6.69. The number of rotatable bonds is 8. The average Bonchev–Trinajstić information content (AvgIpc) is 3.06. The second-order valence-electron chi connectivity index (χ2n) is 4.84. The van der Waals surface area contributed by atoms with Gasteiger partial charge < -0.3 is 9.64 Å². The smallest absolute Gasteiger partial charge is 0.387 e. The van der Waals surface area contributed by atoms with Crippen molar-refractivity contribution in [1.29, 1.82) is 0 Å². The van der Waals surface area contributed by atoms with E-state index in [9.17, 15) is 13.6 Å². The highest BCUT2D eigenvalue weighted by Crippen LogP contribution is 2.21. The fourth-order valence-electron chi connectivity index (χ4n) is 2.07. The van der Waals surface area contributed by atoms with E-state index in [2.05, 4.69) is 11.3 Å². The number of thiophene rings is 1. The van der Waals surface area contributed by atoms with Gasteiger partial charge in [-0.2, -0.15) is 8.78 Å². The summed E-state index contributed by atoms with van der Waals surface area (Å²) in [5, 5.41) is 1.94. The van der Waals surface area contributed by atoms with Crippen LogP contribution in [0.4, 0.5) is 8.78 Å². The van der Waals surface area contributed by atoms with E-state index in [1.807, 2.05) is 17.5 Å². The van der Waals surface area contributed by atoms with Crippen molar-refractivity contribution in [3.8, 4) is 5.75 Å². The molecule has 0 atom stereocenters. The van der Waals surface area contributed by atoms with Crippen LogP contribution in [0.1, 0.15) is 10.4 Å². The lowest BCUT2D eigenvalue weighted by molar-refractivity contribution is -0.126. The Morgan fingerprint density at radius 3 is 2.75 bits per heavy atom. The molecule has 1 heterocycles. The number of carbonyl (C=O) groups excluding carboxylic acids is 1. The number of para-hydroxylation sites is 1. The fourth-order valence-corrected chi connectivity index (χ4v) is 2.79. The molecule has 0 bridgehead atoms. The number of ether oxygens (including phenoxy) is 1. The summed E-state index contributed by atoms with van der Waals surface area (Å²) in [5.41, 5.74) is 0.417. The second kappa shape index (κ2) is 8.98. The molecule has 1 amide bonds. The van der Waals surface area contributed by atoms with Crippen LogP contribution in [0.5, 0.6) is 5.75 Å². The SMILES string of the molecule is C=CCN(Cc1cccs1)C(=O)/C=C/c1ccccc1OC(F)F. The van der Waals surface area contributed by atoms with Crippen LogP contribution >= 0.6 is 11.3 Å². The Morgan fingerprint density at radius 1 is 1.29 bits per heavy atom. The van der Waals surface area contributed by atoms with Gasteiger partial charge in [-0.1, -0.05) is 30.3 Å². The van der Waals surface area contributed by atoms with E-state index in [4.69, 9.17) is 0 Å². The molecule has 2 rings (SSSR count). The summed E-state index contributed by atoms with van der Waals surface area (Å²) in [6.07, 6.45) is 4.47. The van der Waals surface area contributed by atoms with Crippen LogP contribution in [0.25, 0.3) is 6.08 Å². The van der Waals surface area contributed by atoms with Crippen LogP contribution in [-0.2, 0) is 11.3 Å². The van der Waals surface area contributed by atoms with Gasteiger partial charge in [-0.15, -0.1) is 17.9 Å². The third-order valence-electron chi connectivity index (χ3n) is 3.13. The standard InChI is InChI=1S/C18H17F2NO2S/c1-2-11-21(13-15-7-5-12-24-15)17(22)10-9-14-6-3-4-8-16(14)23-18(19)20/h2-10,12,18H,1,11,13H2/b10-9+. The van der Waals surface area contributed by atoms with Gasteiger partial charge in [0.1, 0.15) is 5.75 Å². The molecule has 1 aromatic heterocycles. The lowest BCUT2D eigenvalue weighted by Crippen LogP contribution is -2.28. The lowest BCUT2D eigenvalue weighted by atomic mass is 10.2. The Morgan fingerprint density at radius 2 is 2.08 bits per heavy atom. The highest BCUT2D eigenvalue weighted by Gasteiger charge is 2.11. The summed E-state index contributed by atoms with van der Waals surface area (Å²) in [6.45, 7) is 1.62. The van der Waals surface area contributed by atoms with E-state index in [0.717, 1.165) is 4.88 Å². The van der Waals surface area contributed by atoms with Gasteiger partial charge in [0, 0.05) is 23.1 Å². The third kappa shape index (κ3) is 5.31. The van der Waals surface area contributed by atoms with Crippen LogP contribution in [0.3, 0.4) is 0 Å². The first-order chi connectivity index (χ1) is 11.6. The molecule has 0 radical (unpaired) electrons. The molecule has 0 aliphatic carbocycles. The molecule has 0 saturated heterocycles. The minimum atomic E-state index is -2.91. The third-order valence-corrected chi connectivity index (χ3v) is 3.99. The molecule has 6 heteroatoms. The molecule has 2 aromatic rings. The minimum absolute atomic E-state index is 0.0325. The molecule has 24 heavy (non-hydrogen) atoms. The van der Waals surface area contributed by atoms with E-state index < -0.39 is 6.61 Å². The summed E-state index contributed by atoms with van der Waals surface area (Å²) in [7, 11) is 0. The molecule has 0 saturated carbocycles. The first kappa shape index (κ1) is 17.9. The minimum Gasteiger partial charge on any atom is -0.434 e. The normalized spacial score (nSPS) is 11.0. The molecule has 0 N–H and O–H groups in total. The molecule has 0 fully saturated rings. The highest BCUT2D eigenvalue weighted by molar-refractivity contribution is 7.09. The van der Waals surface area contributed by atoms with E-state index in [1.165, 1.54) is 18.2 Å². The number of hydrogen-bond donors (Lipinski definition) is 0. The van der Waals surface area contributed by atoms with Crippen molar-refractivity contribution in [1.82, 2.24) is 4.90 Å². The highest BCUT2D eigenvalue weighted by atomic mass is 32.1. The molecule has 0 aliphatic rings. The summed E-state index contributed by atoms with van der Waals surface area (Å²) < 4.78 is 29.3. The maximum absolute atomic E-state index is 12.4. The van der Waals surface area contributed by atoms with Crippen molar-refractivity contribution >= 4 is 23.3 Å². The van der Waals surface area contributed by atoms with Crippen LogP contribution in [0.2, 0.25) is 0 Å². The van der Waals surface area contributed by atoms with Gasteiger partial charge in [0.15, 0.2) is 0 Å². The summed E-state index contributed by atoms with van der Waals surface area (Å²) in [6, 6.07) is 10.2. The molecular formula is C18H17F2NO2S. The first-order valence-corrected chi connectivity index (χ1v) is 8.12. The molecule has 0 unspecified atom stereocenters. The number of hydrogen-bond acceptors (Lipinski definition) is 3. The Hall–Kier alpha value is -2.47.